The van der Waals surface area contributed by atoms with Gasteiger partial charge in [0.25, 0.3) is 5.56 Å². The predicted molar refractivity (Wildman–Crippen MR) is 98.9 cm³/mol. The van der Waals surface area contributed by atoms with Crippen LogP contribution in [-0.2, 0) is 6.54 Å². The molecule has 0 aromatic carbocycles. The molecule has 4 rings (SSSR count). The molecule has 0 aliphatic rings. The highest BCUT2D eigenvalue weighted by Gasteiger charge is 2.13. The van der Waals surface area contributed by atoms with E-state index >= 15 is 0 Å². The summed E-state index contributed by atoms with van der Waals surface area (Å²) in [6.07, 6.45) is 5.03. The average molecular weight is 433 g/mol. The van der Waals surface area contributed by atoms with Gasteiger partial charge in [-0.15, -0.1) is 0 Å². The van der Waals surface area contributed by atoms with E-state index in [1.54, 1.807) is 18.6 Å². The molecule has 0 spiro atoms. The number of anilines is 1. The van der Waals surface area contributed by atoms with Crippen LogP contribution in [0.4, 0.5) is 5.82 Å². The Morgan fingerprint density at radius 1 is 1.38 bits per heavy atom. The normalized spacial score (nSPS) is 11.2. The van der Waals surface area contributed by atoms with E-state index in [1.807, 2.05) is 19.1 Å². The lowest BCUT2D eigenvalue weighted by atomic mass is 10.1. The SMILES string of the molecule is Cc1cc(CNc2nc3c(I)c[nH]c(=O)c3c3cnccc23)no1. The fourth-order valence-electron chi connectivity index (χ4n) is 2.64. The highest BCUT2D eigenvalue weighted by Crippen LogP contribution is 2.28. The third-order valence-electron chi connectivity index (χ3n) is 3.70. The van der Waals surface area contributed by atoms with Gasteiger partial charge in [-0.1, -0.05) is 5.16 Å². The molecule has 24 heavy (non-hydrogen) atoms. The number of fused-ring (bicyclic) bond motifs is 3. The van der Waals surface area contributed by atoms with Crippen LogP contribution in [0.5, 0.6) is 0 Å². The van der Waals surface area contributed by atoms with Gasteiger partial charge in [-0.25, -0.2) is 4.98 Å². The summed E-state index contributed by atoms with van der Waals surface area (Å²) in [7, 11) is 0. The third-order valence-corrected chi connectivity index (χ3v) is 4.53. The standard InChI is InChI=1S/C16H12IN5O2/c1-8-4-9(22-24-8)5-19-15-10-2-3-18-6-11(10)13-14(21-15)12(17)7-20-16(13)23/h2-4,6-7H,5H2,1H3,(H,19,21)(H,20,23). The van der Waals surface area contributed by atoms with Crippen molar-refractivity contribution in [2.45, 2.75) is 13.5 Å². The number of nitrogens with zero attached hydrogens (tertiary/aromatic N) is 3. The summed E-state index contributed by atoms with van der Waals surface area (Å²) in [5.74, 6) is 1.44. The number of aromatic amines is 1. The van der Waals surface area contributed by atoms with Crippen LogP contribution in [-0.4, -0.2) is 20.1 Å². The zero-order valence-electron chi connectivity index (χ0n) is 12.6. The van der Waals surface area contributed by atoms with E-state index in [9.17, 15) is 4.79 Å². The molecule has 0 amide bonds. The van der Waals surface area contributed by atoms with Gasteiger partial charge in [0.2, 0.25) is 0 Å². The van der Waals surface area contributed by atoms with Crippen molar-refractivity contribution in [2.75, 3.05) is 5.32 Å². The summed E-state index contributed by atoms with van der Waals surface area (Å²) < 4.78 is 5.95. The van der Waals surface area contributed by atoms with Gasteiger partial charge in [0, 0.05) is 35.4 Å². The van der Waals surface area contributed by atoms with E-state index in [0.29, 0.717) is 23.3 Å². The Hall–Kier alpha value is -2.49. The molecule has 0 saturated carbocycles. The minimum atomic E-state index is -0.172. The van der Waals surface area contributed by atoms with E-state index < -0.39 is 0 Å². The highest BCUT2D eigenvalue weighted by atomic mass is 127. The molecule has 7 nitrogen and oxygen atoms in total. The zero-order valence-corrected chi connectivity index (χ0v) is 14.8. The maximum Gasteiger partial charge on any atom is 0.258 e. The molecule has 4 aromatic heterocycles. The largest absolute Gasteiger partial charge is 0.364 e. The molecule has 2 N–H and O–H groups in total. The second-order valence-corrected chi connectivity index (χ2v) is 6.52. The van der Waals surface area contributed by atoms with Gasteiger partial charge < -0.3 is 14.8 Å². The lowest BCUT2D eigenvalue weighted by Crippen LogP contribution is -2.10. The fraction of sp³-hybridized carbons (Fsp3) is 0.125. The smallest absolute Gasteiger partial charge is 0.258 e. The first-order valence-electron chi connectivity index (χ1n) is 7.24. The summed E-state index contributed by atoms with van der Waals surface area (Å²) in [6.45, 7) is 2.33. The summed E-state index contributed by atoms with van der Waals surface area (Å²) in [5, 5.41) is 9.40. The number of halogens is 1. The Morgan fingerprint density at radius 2 is 2.25 bits per heavy atom. The van der Waals surface area contributed by atoms with Crippen LogP contribution in [0.3, 0.4) is 0 Å². The number of hydrogen-bond acceptors (Lipinski definition) is 6. The second kappa shape index (κ2) is 5.86. The van der Waals surface area contributed by atoms with Gasteiger partial charge in [-0.05, 0) is 35.6 Å². The van der Waals surface area contributed by atoms with Crippen LogP contribution in [0, 0.1) is 10.5 Å². The Balaban J connectivity index is 1.90. The number of nitrogens with one attached hydrogen (secondary N) is 2. The number of aromatic nitrogens is 4. The fourth-order valence-corrected chi connectivity index (χ4v) is 3.18. The molecule has 8 heteroatoms. The number of rotatable bonds is 3. The number of pyridine rings is 3. The Morgan fingerprint density at radius 3 is 3.04 bits per heavy atom. The average Bonchev–Trinajstić information content (AvgIpc) is 3.01. The molecule has 4 aromatic rings. The van der Waals surface area contributed by atoms with E-state index in [1.165, 1.54) is 0 Å². The molecule has 0 radical (unpaired) electrons. The summed E-state index contributed by atoms with van der Waals surface area (Å²) in [5.41, 5.74) is 1.27. The van der Waals surface area contributed by atoms with E-state index in [4.69, 9.17) is 4.52 Å². The van der Waals surface area contributed by atoms with Crippen LogP contribution in [0.25, 0.3) is 21.7 Å². The predicted octanol–water partition coefficient (Wildman–Crippen LogP) is 2.98. The van der Waals surface area contributed by atoms with Gasteiger partial charge in [-0.3, -0.25) is 9.78 Å². The Kier molecular flexibility index (Phi) is 3.68. The second-order valence-electron chi connectivity index (χ2n) is 5.35. The monoisotopic (exact) mass is 433 g/mol. The minimum Gasteiger partial charge on any atom is -0.364 e. The quantitative estimate of drug-likeness (QED) is 0.381. The van der Waals surface area contributed by atoms with Crippen molar-refractivity contribution < 1.29 is 4.52 Å². The lowest BCUT2D eigenvalue weighted by Gasteiger charge is -2.10. The molecule has 0 fully saturated rings. The van der Waals surface area contributed by atoms with Crippen molar-refractivity contribution in [1.82, 2.24) is 20.1 Å². The van der Waals surface area contributed by atoms with Gasteiger partial charge >= 0.3 is 0 Å². The molecular formula is C16H12IN5O2. The van der Waals surface area contributed by atoms with Crippen molar-refractivity contribution in [3.8, 4) is 0 Å². The van der Waals surface area contributed by atoms with Gasteiger partial charge in [-0.2, -0.15) is 0 Å². The van der Waals surface area contributed by atoms with E-state index in [2.05, 4.69) is 48.0 Å². The van der Waals surface area contributed by atoms with Crippen LogP contribution >= 0.6 is 22.6 Å². The number of H-pyrrole nitrogens is 1. The van der Waals surface area contributed by atoms with Crippen LogP contribution in [0.15, 0.2) is 40.0 Å². The minimum absolute atomic E-state index is 0.172. The Labute approximate surface area is 149 Å². The van der Waals surface area contributed by atoms with Gasteiger partial charge in [0.05, 0.1) is 21.0 Å². The van der Waals surface area contributed by atoms with Crippen LogP contribution in [0.2, 0.25) is 0 Å². The van der Waals surface area contributed by atoms with Crippen LogP contribution in [0.1, 0.15) is 11.5 Å². The van der Waals surface area contributed by atoms with Crippen LogP contribution < -0.4 is 10.9 Å². The lowest BCUT2D eigenvalue weighted by molar-refractivity contribution is 0.391. The summed E-state index contributed by atoms with van der Waals surface area (Å²) >= 11 is 2.16. The molecule has 0 unspecified atom stereocenters. The molecule has 120 valence electrons. The highest BCUT2D eigenvalue weighted by molar-refractivity contribution is 14.1. The summed E-state index contributed by atoms with van der Waals surface area (Å²) in [4.78, 5) is 23.8. The molecular weight excluding hydrogens is 421 g/mol. The molecule has 0 atom stereocenters. The molecule has 0 saturated heterocycles. The first-order valence-corrected chi connectivity index (χ1v) is 8.32. The molecule has 0 bridgehead atoms. The topological polar surface area (TPSA) is 96.7 Å². The Bertz CT molecular complexity index is 1120. The first-order chi connectivity index (χ1) is 11.6. The van der Waals surface area contributed by atoms with Crippen molar-refractivity contribution in [2.24, 2.45) is 0 Å². The third kappa shape index (κ3) is 2.52. The first kappa shape index (κ1) is 15.1. The molecule has 4 heterocycles. The zero-order chi connectivity index (χ0) is 16.7. The van der Waals surface area contributed by atoms with Crippen molar-refractivity contribution >= 4 is 50.1 Å². The maximum atomic E-state index is 12.3. The van der Waals surface area contributed by atoms with E-state index in [0.717, 1.165) is 25.8 Å². The van der Waals surface area contributed by atoms with E-state index in [-0.39, 0.29) is 5.56 Å². The number of hydrogen-bond donors (Lipinski definition) is 2. The van der Waals surface area contributed by atoms with Crippen molar-refractivity contribution in [1.29, 1.82) is 0 Å². The molecule has 0 aliphatic heterocycles. The maximum absolute atomic E-state index is 12.3. The van der Waals surface area contributed by atoms with Gasteiger partial charge in [0.1, 0.15) is 17.3 Å². The molecule has 0 aliphatic carbocycles. The van der Waals surface area contributed by atoms with Gasteiger partial charge in [0.15, 0.2) is 0 Å². The van der Waals surface area contributed by atoms with Crippen molar-refractivity contribution in [3.05, 3.63) is 56.1 Å². The number of aryl methyl sites for hydroxylation is 1. The van der Waals surface area contributed by atoms with Crippen molar-refractivity contribution in [3.63, 3.8) is 0 Å². The summed E-state index contributed by atoms with van der Waals surface area (Å²) in [6, 6.07) is 3.71.